The summed E-state index contributed by atoms with van der Waals surface area (Å²) in [6.45, 7) is 3.73. The standard InChI is InChI=1S/C19H25N5O/c1-22-13-17(12-21-22)14-23-10-6-19(7-11-23)5-2-18(25)24(19)15-16-3-8-20-9-4-16/h3-4,8-9,12-13H,2,5-7,10-11,14-15H2,1H3. The maximum Gasteiger partial charge on any atom is 0.223 e. The van der Waals surface area contributed by atoms with Crippen LogP contribution in [0.4, 0.5) is 0 Å². The van der Waals surface area contributed by atoms with Crippen molar-refractivity contribution in [2.75, 3.05) is 13.1 Å². The van der Waals surface area contributed by atoms with Crippen LogP contribution in [0.15, 0.2) is 36.9 Å². The molecular formula is C19H25N5O. The molecule has 0 N–H and O–H groups in total. The molecule has 2 saturated heterocycles. The molecular weight excluding hydrogens is 314 g/mol. The molecule has 4 heterocycles. The van der Waals surface area contributed by atoms with Gasteiger partial charge in [0.1, 0.15) is 0 Å². The highest BCUT2D eigenvalue weighted by atomic mass is 16.2. The molecule has 0 bridgehead atoms. The molecule has 1 amide bonds. The maximum atomic E-state index is 12.5. The average Bonchev–Trinajstić information content (AvgIpc) is 3.17. The van der Waals surface area contributed by atoms with Gasteiger partial charge < -0.3 is 4.90 Å². The fourth-order valence-corrected chi connectivity index (χ4v) is 4.26. The van der Waals surface area contributed by atoms with Gasteiger partial charge in [-0.2, -0.15) is 5.10 Å². The predicted octanol–water partition coefficient (Wildman–Crippen LogP) is 1.97. The number of carbonyl (C=O) groups excluding carboxylic acids is 1. The predicted molar refractivity (Wildman–Crippen MR) is 94.5 cm³/mol. The lowest BCUT2D eigenvalue weighted by molar-refractivity contribution is -0.133. The van der Waals surface area contributed by atoms with Gasteiger partial charge in [-0.1, -0.05) is 0 Å². The zero-order valence-electron chi connectivity index (χ0n) is 14.8. The van der Waals surface area contributed by atoms with Crippen molar-refractivity contribution in [2.45, 2.75) is 44.3 Å². The Bertz CT molecular complexity index is 733. The number of nitrogens with zero attached hydrogens (tertiary/aromatic N) is 5. The molecule has 4 rings (SSSR count). The molecule has 2 aromatic heterocycles. The van der Waals surface area contributed by atoms with E-state index in [9.17, 15) is 4.79 Å². The molecule has 1 spiro atoms. The fourth-order valence-electron chi connectivity index (χ4n) is 4.26. The Balaban J connectivity index is 1.42. The fraction of sp³-hybridized carbons (Fsp3) is 0.526. The number of hydrogen-bond donors (Lipinski definition) is 0. The van der Waals surface area contributed by atoms with Gasteiger partial charge in [-0.3, -0.25) is 19.4 Å². The highest BCUT2D eigenvalue weighted by molar-refractivity contribution is 5.79. The van der Waals surface area contributed by atoms with Crippen LogP contribution in [0.3, 0.4) is 0 Å². The van der Waals surface area contributed by atoms with Crippen LogP contribution >= 0.6 is 0 Å². The summed E-state index contributed by atoms with van der Waals surface area (Å²) >= 11 is 0. The van der Waals surface area contributed by atoms with Gasteiger partial charge >= 0.3 is 0 Å². The van der Waals surface area contributed by atoms with Crippen LogP contribution in [0, 0.1) is 0 Å². The van der Waals surface area contributed by atoms with E-state index in [1.54, 1.807) is 12.4 Å². The Morgan fingerprint density at radius 2 is 1.84 bits per heavy atom. The van der Waals surface area contributed by atoms with Crippen LogP contribution in [0.5, 0.6) is 0 Å². The minimum Gasteiger partial charge on any atom is -0.333 e. The van der Waals surface area contributed by atoms with Crippen molar-refractivity contribution in [1.29, 1.82) is 0 Å². The van der Waals surface area contributed by atoms with Crippen molar-refractivity contribution in [3.05, 3.63) is 48.0 Å². The van der Waals surface area contributed by atoms with Crippen LogP contribution in [-0.2, 0) is 24.9 Å². The van der Waals surface area contributed by atoms with Crippen molar-refractivity contribution in [3.8, 4) is 0 Å². The second kappa shape index (κ2) is 6.59. The average molecular weight is 339 g/mol. The molecule has 2 aliphatic heterocycles. The van der Waals surface area contributed by atoms with E-state index in [-0.39, 0.29) is 5.54 Å². The lowest BCUT2D eigenvalue weighted by atomic mass is 9.84. The lowest BCUT2D eigenvalue weighted by Gasteiger charge is -2.45. The smallest absolute Gasteiger partial charge is 0.223 e. The number of aromatic nitrogens is 3. The summed E-state index contributed by atoms with van der Waals surface area (Å²) in [6.07, 6.45) is 11.4. The first-order valence-electron chi connectivity index (χ1n) is 9.04. The molecule has 2 fully saturated rings. The first-order chi connectivity index (χ1) is 12.1. The first kappa shape index (κ1) is 16.3. The molecule has 0 saturated carbocycles. The van der Waals surface area contributed by atoms with Gasteiger partial charge in [0.15, 0.2) is 0 Å². The van der Waals surface area contributed by atoms with Crippen LogP contribution < -0.4 is 0 Å². The minimum absolute atomic E-state index is 0.0474. The minimum atomic E-state index is 0.0474. The molecule has 6 heteroatoms. The van der Waals surface area contributed by atoms with E-state index in [2.05, 4.69) is 26.1 Å². The number of pyridine rings is 1. The summed E-state index contributed by atoms with van der Waals surface area (Å²) in [5.41, 5.74) is 2.48. The van der Waals surface area contributed by atoms with Crippen molar-refractivity contribution >= 4 is 5.91 Å². The maximum absolute atomic E-state index is 12.5. The number of amides is 1. The zero-order chi connectivity index (χ0) is 17.3. The number of aryl methyl sites for hydroxylation is 1. The number of likely N-dealkylation sites (tertiary alicyclic amines) is 2. The van der Waals surface area contributed by atoms with Gasteiger partial charge in [0.05, 0.1) is 6.20 Å². The largest absolute Gasteiger partial charge is 0.333 e. The quantitative estimate of drug-likeness (QED) is 0.855. The van der Waals surface area contributed by atoms with Gasteiger partial charge in [0, 0.05) is 69.3 Å². The second-order valence-corrected chi connectivity index (χ2v) is 7.36. The van der Waals surface area contributed by atoms with E-state index in [4.69, 9.17) is 0 Å². The van der Waals surface area contributed by atoms with E-state index in [0.717, 1.165) is 38.9 Å². The molecule has 6 nitrogen and oxygen atoms in total. The van der Waals surface area contributed by atoms with E-state index in [0.29, 0.717) is 18.9 Å². The van der Waals surface area contributed by atoms with Gasteiger partial charge in [0.2, 0.25) is 5.91 Å². The molecule has 25 heavy (non-hydrogen) atoms. The van der Waals surface area contributed by atoms with Crippen molar-refractivity contribution in [2.24, 2.45) is 7.05 Å². The third kappa shape index (κ3) is 3.31. The molecule has 0 atom stereocenters. The Labute approximate surface area is 148 Å². The van der Waals surface area contributed by atoms with Crippen molar-refractivity contribution < 1.29 is 4.79 Å². The van der Waals surface area contributed by atoms with E-state index in [1.807, 2.05) is 30.1 Å². The SMILES string of the molecule is Cn1cc(CN2CCC3(CCC(=O)N3Cc3ccncc3)CC2)cn1. The normalized spacial score (nSPS) is 20.5. The van der Waals surface area contributed by atoms with Crippen LogP contribution in [0.1, 0.15) is 36.8 Å². The molecule has 0 radical (unpaired) electrons. The van der Waals surface area contributed by atoms with Gasteiger partial charge in [-0.15, -0.1) is 0 Å². The summed E-state index contributed by atoms with van der Waals surface area (Å²) in [5, 5.41) is 4.25. The third-order valence-corrected chi connectivity index (χ3v) is 5.72. The zero-order valence-corrected chi connectivity index (χ0v) is 14.8. The highest BCUT2D eigenvalue weighted by Crippen LogP contribution is 2.40. The Kier molecular flexibility index (Phi) is 4.29. The molecule has 0 unspecified atom stereocenters. The van der Waals surface area contributed by atoms with Crippen LogP contribution in [0.2, 0.25) is 0 Å². The molecule has 2 aromatic rings. The summed E-state index contributed by atoms with van der Waals surface area (Å²) in [4.78, 5) is 21.2. The van der Waals surface area contributed by atoms with E-state index in [1.165, 1.54) is 11.1 Å². The van der Waals surface area contributed by atoms with E-state index >= 15 is 0 Å². The number of piperidine rings is 1. The van der Waals surface area contributed by atoms with Crippen LogP contribution in [0.25, 0.3) is 0 Å². The van der Waals surface area contributed by atoms with Gasteiger partial charge in [-0.25, -0.2) is 0 Å². The van der Waals surface area contributed by atoms with E-state index < -0.39 is 0 Å². The molecule has 0 aliphatic carbocycles. The highest BCUT2D eigenvalue weighted by Gasteiger charge is 2.46. The number of rotatable bonds is 4. The molecule has 2 aliphatic rings. The lowest BCUT2D eigenvalue weighted by Crippen LogP contribution is -2.52. The monoisotopic (exact) mass is 339 g/mol. The number of carbonyl (C=O) groups is 1. The van der Waals surface area contributed by atoms with Gasteiger partial charge in [-0.05, 0) is 37.0 Å². The summed E-state index contributed by atoms with van der Waals surface area (Å²) in [5.74, 6) is 0.303. The van der Waals surface area contributed by atoms with Crippen molar-refractivity contribution in [3.63, 3.8) is 0 Å². The summed E-state index contributed by atoms with van der Waals surface area (Å²) in [6, 6.07) is 4.02. The molecule has 132 valence electrons. The second-order valence-electron chi connectivity index (χ2n) is 7.36. The Morgan fingerprint density at radius 1 is 1.08 bits per heavy atom. The summed E-state index contributed by atoms with van der Waals surface area (Å²) in [7, 11) is 1.95. The Hall–Kier alpha value is -2.21. The van der Waals surface area contributed by atoms with Crippen molar-refractivity contribution in [1.82, 2.24) is 24.6 Å². The molecule has 0 aromatic carbocycles. The van der Waals surface area contributed by atoms with Gasteiger partial charge in [0.25, 0.3) is 0 Å². The number of hydrogen-bond acceptors (Lipinski definition) is 4. The Morgan fingerprint density at radius 3 is 2.52 bits per heavy atom. The topological polar surface area (TPSA) is 54.3 Å². The summed E-state index contributed by atoms with van der Waals surface area (Å²) < 4.78 is 1.85. The van der Waals surface area contributed by atoms with Crippen LogP contribution in [-0.4, -0.2) is 49.1 Å². The third-order valence-electron chi connectivity index (χ3n) is 5.72. The first-order valence-corrected chi connectivity index (χ1v) is 9.04.